The molecule has 0 unspecified atom stereocenters. The Bertz CT molecular complexity index is 1160. The van der Waals surface area contributed by atoms with E-state index < -0.39 is 5.54 Å². The van der Waals surface area contributed by atoms with Crippen molar-refractivity contribution in [2.24, 2.45) is 5.92 Å². The molecule has 33 heavy (non-hydrogen) atoms. The van der Waals surface area contributed by atoms with Crippen LogP contribution in [0.1, 0.15) is 39.5 Å². The maximum atomic E-state index is 13.2. The van der Waals surface area contributed by atoms with Crippen molar-refractivity contribution in [2.45, 2.75) is 51.6 Å². The number of amides is 4. The minimum absolute atomic E-state index is 0.0122. The van der Waals surface area contributed by atoms with E-state index in [1.807, 2.05) is 31.2 Å². The van der Waals surface area contributed by atoms with Gasteiger partial charge in [-0.15, -0.1) is 0 Å². The fourth-order valence-electron chi connectivity index (χ4n) is 5.18. The van der Waals surface area contributed by atoms with E-state index in [4.69, 9.17) is 0 Å². The molecule has 2 fully saturated rings. The highest BCUT2D eigenvalue weighted by Gasteiger charge is 2.54. The molecule has 2 aliphatic heterocycles. The predicted molar refractivity (Wildman–Crippen MR) is 125 cm³/mol. The molecule has 176 valence electrons. The number of aromatic amines is 1. The molecule has 0 bridgehead atoms. The Kier molecular flexibility index (Phi) is 6.14. The molecule has 1 atom stereocenters. The van der Waals surface area contributed by atoms with Gasteiger partial charge < -0.3 is 15.2 Å². The van der Waals surface area contributed by atoms with Gasteiger partial charge in [-0.3, -0.25) is 19.1 Å². The average molecular weight is 454 g/mol. The van der Waals surface area contributed by atoms with E-state index in [0.29, 0.717) is 38.9 Å². The molecule has 2 aromatic rings. The highest BCUT2D eigenvalue weighted by molar-refractivity contribution is 6.07. The van der Waals surface area contributed by atoms with Gasteiger partial charge in [0.1, 0.15) is 5.54 Å². The number of piperidine rings is 1. The summed E-state index contributed by atoms with van der Waals surface area (Å²) in [6.07, 6.45) is 2.01. The van der Waals surface area contributed by atoms with Crippen LogP contribution in [0.3, 0.4) is 0 Å². The fourth-order valence-corrected chi connectivity index (χ4v) is 5.18. The Labute approximate surface area is 192 Å². The van der Waals surface area contributed by atoms with Crippen molar-refractivity contribution < 1.29 is 14.4 Å². The van der Waals surface area contributed by atoms with E-state index in [2.05, 4.69) is 16.9 Å². The maximum Gasteiger partial charge on any atom is 0.326 e. The molecule has 1 aromatic heterocycles. The molecule has 0 spiro atoms. The van der Waals surface area contributed by atoms with E-state index in [0.717, 1.165) is 16.6 Å². The molecule has 4 rings (SSSR count). The minimum atomic E-state index is -0.918. The summed E-state index contributed by atoms with van der Waals surface area (Å²) in [4.78, 5) is 56.6. The van der Waals surface area contributed by atoms with Crippen LogP contribution in [-0.4, -0.2) is 62.4 Å². The lowest BCUT2D eigenvalue weighted by Crippen LogP contribution is -2.56. The van der Waals surface area contributed by atoms with Crippen LogP contribution in [0, 0.1) is 5.92 Å². The number of rotatable bonds is 7. The van der Waals surface area contributed by atoms with Gasteiger partial charge in [0.25, 0.3) is 5.91 Å². The van der Waals surface area contributed by atoms with Crippen LogP contribution in [0.25, 0.3) is 11.0 Å². The third-order valence-corrected chi connectivity index (χ3v) is 6.96. The van der Waals surface area contributed by atoms with Crippen LogP contribution in [0.5, 0.6) is 0 Å². The van der Waals surface area contributed by atoms with E-state index in [1.54, 1.807) is 16.4 Å². The summed E-state index contributed by atoms with van der Waals surface area (Å²) in [5.41, 5.74) is 1.15. The Morgan fingerprint density at radius 1 is 1.18 bits per heavy atom. The number of nitrogens with zero attached hydrogens (tertiary/aromatic N) is 3. The average Bonchev–Trinajstić information content (AvgIpc) is 3.25. The Morgan fingerprint density at radius 3 is 2.55 bits per heavy atom. The van der Waals surface area contributed by atoms with Gasteiger partial charge in [0.05, 0.1) is 17.6 Å². The van der Waals surface area contributed by atoms with Gasteiger partial charge in [-0.25, -0.2) is 9.59 Å². The number of carbonyl (C=O) groups is 3. The summed E-state index contributed by atoms with van der Waals surface area (Å²) in [6, 6.07) is 7.05. The van der Waals surface area contributed by atoms with E-state index in [1.165, 1.54) is 4.90 Å². The third kappa shape index (κ3) is 4.07. The minimum Gasteiger partial charge on any atom is -0.343 e. The van der Waals surface area contributed by atoms with Gasteiger partial charge in [-0.2, -0.15) is 0 Å². The summed E-state index contributed by atoms with van der Waals surface area (Å²) < 4.78 is 1.59. The second-order valence-corrected chi connectivity index (χ2v) is 9.11. The molecule has 0 aliphatic carbocycles. The Hall–Kier alpha value is -3.36. The maximum absolute atomic E-state index is 13.2. The lowest BCUT2D eigenvalue weighted by atomic mass is 9.75. The van der Waals surface area contributed by atoms with Crippen LogP contribution in [0.15, 0.2) is 41.2 Å². The second kappa shape index (κ2) is 8.88. The molecule has 0 saturated carbocycles. The summed E-state index contributed by atoms with van der Waals surface area (Å²) in [5.74, 6) is -0.238. The van der Waals surface area contributed by atoms with Crippen molar-refractivity contribution in [1.82, 2.24) is 24.7 Å². The van der Waals surface area contributed by atoms with Crippen molar-refractivity contribution in [3.8, 4) is 0 Å². The second-order valence-electron chi connectivity index (χ2n) is 9.11. The Balaban J connectivity index is 1.38. The number of hydrogen-bond acceptors (Lipinski definition) is 4. The monoisotopic (exact) mass is 453 g/mol. The standard InChI is InChI=1S/C24H31N5O4/c1-4-24(21(31)29(15-16(2)3)23(33)26-24)17-9-12-27(13-10-17)20(30)11-14-28-19-8-6-5-7-18(19)25-22(28)32/h5-8,17H,2,4,9-15H2,1,3H3,(H,25,32)(H,26,33)/t24-/m0/s1. The molecule has 2 saturated heterocycles. The van der Waals surface area contributed by atoms with Crippen molar-refractivity contribution >= 4 is 28.9 Å². The molecule has 9 heteroatoms. The molecule has 3 heterocycles. The topological polar surface area (TPSA) is 108 Å². The van der Waals surface area contributed by atoms with Crippen molar-refractivity contribution in [2.75, 3.05) is 19.6 Å². The van der Waals surface area contributed by atoms with Crippen LogP contribution >= 0.6 is 0 Å². The third-order valence-electron chi connectivity index (χ3n) is 6.96. The van der Waals surface area contributed by atoms with Gasteiger partial charge in [-0.05, 0) is 44.2 Å². The molecular weight excluding hydrogens is 422 g/mol. The van der Waals surface area contributed by atoms with E-state index in [9.17, 15) is 19.2 Å². The first-order valence-electron chi connectivity index (χ1n) is 11.5. The normalized spacial score (nSPS) is 21.6. The number of H-pyrrole nitrogens is 1. The first-order chi connectivity index (χ1) is 15.8. The Morgan fingerprint density at radius 2 is 1.88 bits per heavy atom. The lowest BCUT2D eigenvalue weighted by Gasteiger charge is -2.40. The van der Waals surface area contributed by atoms with E-state index >= 15 is 0 Å². The molecular formula is C24H31N5O4. The van der Waals surface area contributed by atoms with Gasteiger partial charge in [0.2, 0.25) is 5.91 Å². The highest BCUT2D eigenvalue weighted by atomic mass is 16.2. The largest absolute Gasteiger partial charge is 0.343 e. The number of urea groups is 1. The van der Waals surface area contributed by atoms with Crippen LogP contribution in [-0.2, 0) is 16.1 Å². The van der Waals surface area contributed by atoms with Gasteiger partial charge in [-0.1, -0.05) is 31.2 Å². The molecule has 9 nitrogen and oxygen atoms in total. The molecule has 2 N–H and O–H groups in total. The number of likely N-dealkylation sites (tertiary alicyclic amines) is 1. The van der Waals surface area contributed by atoms with E-state index in [-0.39, 0.29) is 42.4 Å². The van der Waals surface area contributed by atoms with Crippen molar-refractivity contribution in [3.63, 3.8) is 0 Å². The highest BCUT2D eigenvalue weighted by Crippen LogP contribution is 2.36. The summed E-state index contributed by atoms with van der Waals surface area (Å²) in [6.45, 7) is 9.11. The van der Waals surface area contributed by atoms with Gasteiger partial charge in [0.15, 0.2) is 0 Å². The van der Waals surface area contributed by atoms with Crippen molar-refractivity contribution in [3.05, 3.63) is 46.9 Å². The van der Waals surface area contributed by atoms with Crippen LogP contribution in [0.4, 0.5) is 4.79 Å². The zero-order chi connectivity index (χ0) is 23.8. The first-order valence-corrected chi connectivity index (χ1v) is 11.5. The number of aromatic nitrogens is 2. The number of nitrogens with one attached hydrogen (secondary N) is 2. The van der Waals surface area contributed by atoms with Gasteiger partial charge >= 0.3 is 11.7 Å². The van der Waals surface area contributed by atoms with Crippen LogP contribution in [0.2, 0.25) is 0 Å². The molecule has 1 aromatic carbocycles. The summed E-state index contributed by atoms with van der Waals surface area (Å²) >= 11 is 0. The number of imide groups is 1. The summed E-state index contributed by atoms with van der Waals surface area (Å²) in [7, 11) is 0. The quantitative estimate of drug-likeness (QED) is 0.495. The molecule has 0 radical (unpaired) electrons. The number of aryl methyl sites for hydroxylation is 1. The van der Waals surface area contributed by atoms with Gasteiger partial charge in [0, 0.05) is 26.1 Å². The lowest BCUT2D eigenvalue weighted by molar-refractivity contribution is -0.136. The number of fused-ring (bicyclic) bond motifs is 1. The SMILES string of the molecule is C=C(C)CN1C(=O)N[C@@](CC)(C2CCN(C(=O)CCn3c(=O)[nH]c4ccccc43)CC2)C1=O. The number of hydrogen-bond donors (Lipinski definition) is 2. The molecule has 2 aliphatic rings. The zero-order valence-electron chi connectivity index (χ0n) is 19.2. The fraction of sp³-hybridized carbons (Fsp3) is 0.500. The van der Waals surface area contributed by atoms with Crippen molar-refractivity contribution in [1.29, 1.82) is 0 Å². The smallest absolute Gasteiger partial charge is 0.326 e. The number of imidazole rings is 1. The first kappa shape index (κ1) is 22.8. The predicted octanol–water partition coefficient (Wildman–Crippen LogP) is 2.23. The number of carbonyl (C=O) groups excluding carboxylic acids is 3. The number of para-hydroxylation sites is 2. The molecule has 4 amide bonds. The summed E-state index contributed by atoms with van der Waals surface area (Å²) in [5, 5.41) is 2.95. The van der Waals surface area contributed by atoms with Crippen LogP contribution < -0.4 is 11.0 Å². The zero-order valence-corrected chi connectivity index (χ0v) is 19.2. The number of benzene rings is 1.